The van der Waals surface area contributed by atoms with E-state index < -0.39 is 0 Å². The Kier molecular flexibility index (Phi) is 2.40. The molecule has 1 saturated heterocycles. The highest BCUT2D eigenvalue weighted by Gasteiger charge is 2.17. The maximum Gasteiger partial charge on any atom is 0.132 e. The van der Waals surface area contributed by atoms with Gasteiger partial charge in [0, 0.05) is 24.8 Å². The molecule has 2 rings (SSSR count). The smallest absolute Gasteiger partial charge is 0.132 e. The largest absolute Gasteiger partial charge is 0.356 e. The van der Waals surface area contributed by atoms with Crippen molar-refractivity contribution in [3.05, 3.63) is 17.6 Å². The lowest BCUT2D eigenvalue weighted by Gasteiger charge is -2.32. The first-order valence-corrected chi connectivity index (χ1v) is 5.27. The average molecular weight is 191 g/mol. The Morgan fingerprint density at radius 2 is 2.00 bits per heavy atom. The summed E-state index contributed by atoms with van der Waals surface area (Å²) in [5, 5.41) is 0. The van der Waals surface area contributed by atoms with Crippen LogP contribution in [0.2, 0.25) is 0 Å². The van der Waals surface area contributed by atoms with Crippen LogP contribution in [0.25, 0.3) is 0 Å². The standard InChI is InChI=1S/C11H17N3/c1-8(2)10-7-11(13-9(3)12-10)14-5-4-6-14/h7-8H,4-6H2,1-3H3. The predicted molar refractivity (Wildman–Crippen MR) is 57.7 cm³/mol. The third-order valence-electron chi connectivity index (χ3n) is 2.62. The van der Waals surface area contributed by atoms with E-state index in [1.165, 1.54) is 6.42 Å². The van der Waals surface area contributed by atoms with Crippen molar-refractivity contribution in [3.8, 4) is 0 Å². The first-order valence-electron chi connectivity index (χ1n) is 5.27. The summed E-state index contributed by atoms with van der Waals surface area (Å²) in [5.41, 5.74) is 1.15. The van der Waals surface area contributed by atoms with Gasteiger partial charge in [0.25, 0.3) is 0 Å². The van der Waals surface area contributed by atoms with Crippen LogP contribution in [0.3, 0.4) is 0 Å². The fraction of sp³-hybridized carbons (Fsp3) is 0.636. The van der Waals surface area contributed by atoms with Gasteiger partial charge in [0.15, 0.2) is 0 Å². The maximum atomic E-state index is 4.45. The minimum Gasteiger partial charge on any atom is -0.356 e. The summed E-state index contributed by atoms with van der Waals surface area (Å²) in [6, 6.07) is 2.12. The molecule has 1 aromatic heterocycles. The summed E-state index contributed by atoms with van der Waals surface area (Å²) < 4.78 is 0. The number of hydrogen-bond acceptors (Lipinski definition) is 3. The third-order valence-corrected chi connectivity index (χ3v) is 2.62. The summed E-state index contributed by atoms with van der Waals surface area (Å²) in [7, 11) is 0. The third kappa shape index (κ3) is 1.72. The van der Waals surface area contributed by atoms with E-state index in [2.05, 4.69) is 34.8 Å². The molecule has 3 heteroatoms. The second-order valence-corrected chi connectivity index (χ2v) is 4.19. The highest BCUT2D eigenvalue weighted by atomic mass is 15.2. The zero-order chi connectivity index (χ0) is 10.1. The Labute approximate surface area is 85.2 Å². The van der Waals surface area contributed by atoms with Gasteiger partial charge in [-0.25, -0.2) is 9.97 Å². The molecule has 2 heterocycles. The molecule has 1 fully saturated rings. The fourth-order valence-electron chi connectivity index (χ4n) is 1.58. The van der Waals surface area contributed by atoms with Crippen LogP contribution < -0.4 is 4.90 Å². The predicted octanol–water partition coefficient (Wildman–Crippen LogP) is 2.12. The van der Waals surface area contributed by atoms with Gasteiger partial charge < -0.3 is 4.90 Å². The lowest BCUT2D eigenvalue weighted by atomic mass is 10.1. The second kappa shape index (κ2) is 3.56. The average Bonchev–Trinajstić information content (AvgIpc) is 1.99. The molecule has 0 aliphatic carbocycles. The van der Waals surface area contributed by atoms with E-state index in [1.54, 1.807) is 0 Å². The Morgan fingerprint density at radius 3 is 2.50 bits per heavy atom. The van der Waals surface area contributed by atoms with E-state index in [4.69, 9.17) is 0 Å². The number of hydrogen-bond donors (Lipinski definition) is 0. The summed E-state index contributed by atoms with van der Waals surface area (Å²) >= 11 is 0. The summed E-state index contributed by atoms with van der Waals surface area (Å²) in [6.07, 6.45) is 1.29. The van der Waals surface area contributed by atoms with E-state index in [0.717, 1.165) is 30.4 Å². The molecule has 0 atom stereocenters. The van der Waals surface area contributed by atoms with Crippen molar-refractivity contribution in [2.75, 3.05) is 18.0 Å². The molecule has 0 spiro atoms. The second-order valence-electron chi connectivity index (χ2n) is 4.19. The van der Waals surface area contributed by atoms with Crippen molar-refractivity contribution in [2.45, 2.75) is 33.1 Å². The first-order chi connectivity index (χ1) is 6.66. The van der Waals surface area contributed by atoms with Crippen LogP contribution in [-0.2, 0) is 0 Å². The lowest BCUT2D eigenvalue weighted by molar-refractivity contribution is 0.605. The van der Waals surface area contributed by atoms with Gasteiger partial charge in [0.1, 0.15) is 11.6 Å². The van der Waals surface area contributed by atoms with Gasteiger partial charge in [0.05, 0.1) is 0 Å². The molecule has 0 radical (unpaired) electrons. The number of aryl methyl sites for hydroxylation is 1. The molecule has 0 saturated carbocycles. The van der Waals surface area contributed by atoms with Gasteiger partial charge in [-0.05, 0) is 19.3 Å². The molecule has 1 aliphatic heterocycles. The van der Waals surface area contributed by atoms with E-state index in [0.29, 0.717) is 5.92 Å². The molecule has 1 aliphatic rings. The summed E-state index contributed by atoms with van der Waals surface area (Å²) in [6.45, 7) is 8.60. The minimum atomic E-state index is 0.483. The summed E-state index contributed by atoms with van der Waals surface area (Å²) in [5.74, 6) is 2.47. The van der Waals surface area contributed by atoms with Crippen molar-refractivity contribution in [1.29, 1.82) is 0 Å². The van der Waals surface area contributed by atoms with Crippen LogP contribution in [0, 0.1) is 6.92 Å². The molecule has 3 nitrogen and oxygen atoms in total. The Balaban J connectivity index is 2.30. The lowest BCUT2D eigenvalue weighted by Crippen LogP contribution is -2.37. The SMILES string of the molecule is Cc1nc(C(C)C)cc(N2CCC2)n1. The van der Waals surface area contributed by atoms with Crippen molar-refractivity contribution < 1.29 is 0 Å². The molecular weight excluding hydrogens is 174 g/mol. The van der Waals surface area contributed by atoms with E-state index >= 15 is 0 Å². The van der Waals surface area contributed by atoms with Crippen LogP contribution in [0.1, 0.15) is 37.7 Å². The van der Waals surface area contributed by atoms with Crippen LogP contribution in [0.4, 0.5) is 5.82 Å². The van der Waals surface area contributed by atoms with Crippen molar-refractivity contribution in [1.82, 2.24) is 9.97 Å². The number of rotatable bonds is 2. The van der Waals surface area contributed by atoms with Gasteiger partial charge in [0.2, 0.25) is 0 Å². The molecule has 0 amide bonds. The molecule has 0 aromatic carbocycles. The van der Waals surface area contributed by atoms with Gasteiger partial charge in [-0.2, -0.15) is 0 Å². The highest BCUT2D eigenvalue weighted by Crippen LogP contribution is 2.21. The zero-order valence-corrected chi connectivity index (χ0v) is 9.12. The first kappa shape index (κ1) is 9.44. The van der Waals surface area contributed by atoms with Crippen molar-refractivity contribution in [3.63, 3.8) is 0 Å². The molecule has 1 aromatic rings. The Bertz CT molecular complexity index is 329. The van der Waals surface area contributed by atoms with E-state index in [9.17, 15) is 0 Å². The number of aromatic nitrogens is 2. The molecule has 0 N–H and O–H groups in total. The van der Waals surface area contributed by atoms with Crippen LogP contribution >= 0.6 is 0 Å². The normalized spacial score (nSPS) is 15.9. The fourth-order valence-corrected chi connectivity index (χ4v) is 1.58. The minimum absolute atomic E-state index is 0.483. The zero-order valence-electron chi connectivity index (χ0n) is 9.12. The quantitative estimate of drug-likeness (QED) is 0.717. The Hall–Kier alpha value is -1.12. The van der Waals surface area contributed by atoms with Gasteiger partial charge in [-0.15, -0.1) is 0 Å². The summed E-state index contributed by atoms with van der Waals surface area (Å²) in [4.78, 5) is 11.2. The van der Waals surface area contributed by atoms with E-state index in [1.807, 2.05) is 6.92 Å². The van der Waals surface area contributed by atoms with Crippen LogP contribution in [0.5, 0.6) is 0 Å². The van der Waals surface area contributed by atoms with Crippen molar-refractivity contribution >= 4 is 5.82 Å². The molecule has 0 bridgehead atoms. The van der Waals surface area contributed by atoms with Gasteiger partial charge >= 0.3 is 0 Å². The van der Waals surface area contributed by atoms with Crippen molar-refractivity contribution in [2.24, 2.45) is 0 Å². The van der Waals surface area contributed by atoms with E-state index in [-0.39, 0.29) is 0 Å². The molecule has 0 unspecified atom stereocenters. The van der Waals surface area contributed by atoms with Crippen LogP contribution in [0.15, 0.2) is 6.07 Å². The molecular formula is C11H17N3. The number of anilines is 1. The molecule has 14 heavy (non-hydrogen) atoms. The molecule has 76 valence electrons. The monoisotopic (exact) mass is 191 g/mol. The van der Waals surface area contributed by atoms with Crippen LogP contribution in [-0.4, -0.2) is 23.1 Å². The van der Waals surface area contributed by atoms with Gasteiger partial charge in [-0.3, -0.25) is 0 Å². The topological polar surface area (TPSA) is 29.0 Å². The maximum absolute atomic E-state index is 4.45. The Morgan fingerprint density at radius 1 is 1.29 bits per heavy atom. The van der Waals surface area contributed by atoms with Gasteiger partial charge in [-0.1, -0.05) is 13.8 Å². The highest BCUT2D eigenvalue weighted by molar-refractivity contribution is 5.42. The number of nitrogens with zero attached hydrogens (tertiary/aromatic N) is 3.